The van der Waals surface area contributed by atoms with Crippen LogP contribution >= 0.6 is 0 Å². The van der Waals surface area contributed by atoms with Crippen LogP contribution in [-0.2, 0) is 28.4 Å². The van der Waals surface area contributed by atoms with Crippen LogP contribution in [0, 0.1) is 0 Å². The Kier molecular flexibility index (Phi) is 6.68. The third-order valence-corrected chi connectivity index (χ3v) is 5.01. The van der Waals surface area contributed by atoms with Gasteiger partial charge in [-0.3, -0.25) is 9.59 Å². The maximum Gasteiger partial charge on any atom is 0.490 e. The quantitative estimate of drug-likeness (QED) is 0.534. The van der Waals surface area contributed by atoms with E-state index in [1.807, 2.05) is 33.8 Å². The van der Waals surface area contributed by atoms with Gasteiger partial charge in [-0.2, -0.15) is 0 Å². The van der Waals surface area contributed by atoms with Gasteiger partial charge in [-0.25, -0.2) is 0 Å². The molecule has 0 spiro atoms. The third kappa shape index (κ3) is 5.58. The lowest BCUT2D eigenvalue weighted by molar-refractivity contribution is -0.145. The fourth-order valence-electron chi connectivity index (χ4n) is 2.69. The standard InChI is InChI=1S/C18H29BO6/c1-17(2)18(3,4)25-19(24-17)14-8-7-12-22-15(20)9-5-6-10-16(21)23-13-11-14/h8H,5-7,9-13H2,1-4H3/b14-8+. The molecule has 1 saturated heterocycles. The molecule has 1 fully saturated rings. The van der Waals surface area contributed by atoms with Crippen molar-refractivity contribution in [3.63, 3.8) is 0 Å². The van der Waals surface area contributed by atoms with Gasteiger partial charge in [0.1, 0.15) is 0 Å². The summed E-state index contributed by atoms with van der Waals surface area (Å²) in [6, 6.07) is 0. The molecule has 0 radical (unpaired) electrons. The lowest BCUT2D eigenvalue weighted by Crippen LogP contribution is -2.41. The fourth-order valence-corrected chi connectivity index (χ4v) is 2.69. The molecule has 0 amide bonds. The Morgan fingerprint density at radius 3 is 1.92 bits per heavy atom. The van der Waals surface area contributed by atoms with E-state index < -0.39 is 18.3 Å². The summed E-state index contributed by atoms with van der Waals surface area (Å²) in [5.74, 6) is -0.463. The van der Waals surface area contributed by atoms with Gasteiger partial charge in [0, 0.05) is 12.8 Å². The molecule has 2 heterocycles. The van der Waals surface area contributed by atoms with Crippen LogP contribution in [0.25, 0.3) is 0 Å². The number of carbonyl (C=O) groups is 2. The van der Waals surface area contributed by atoms with E-state index >= 15 is 0 Å². The van der Waals surface area contributed by atoms with Crippen molar-refractivity contribution in [3.05, 3.63) is 11.5 Å². The number of ether oxygens (including phenoxy) is 2. The Hall–Kier alpha value is -1.34. The van der Waals surface area contributed by atoms with Gasteiger partial charge in [-0.05, 0) is 58.9 Å². The number of carbonyl (C=O) groups excluding carboxylic acids is 2. The Morgan fingerprint density at radius 1 is 0.840 bits per heavy atom. The van der Waals surface area contributed by atoms with Crippen LogP contribution in [0.4, 0.5) is 0 Å². The van der Waals surface area contributed by atoms with Crippen LogP contribution < -0.4 is 0 Å². The third-order valence-electron chi connectivity index (χ3n) is 5.01. The Balaban J connectivity index is 2.05. The number of cyclic esters (lactones) is 2. The smallest absolute Gasteiger partial charge is 0.465 e. The average molecular weight is 352 g/mol. The van der Waals surface area contributed by atoms with Crippen molar-refractivity contribution in [1.82, 2.24) is 0 Å². The average Bonchev–Trinajstić information content (AvgIpc) is 2.73. The zero-order chi connectivity index (χ0) is 18.5. The molecule has 7 heteroatoms. The summed E-state index contributed by atoms with van der Waals surface area (Å²) in [6.45, 7) is 8.63. The molecule has 0 saturated carbocycles. The number of rotatable bonds is 1. The van der Waals surface area contributed by atoms with Crippen LogP contribution in [0.5, 0.6) is 0 Å². The second kappa shape index (κ2) is 8.36. The number of hydrogen-bond acceptors (Lipinski definition) is 6. The predicted molar refractivity (Wildman–Crippen MR) is 93.8 cm³/mol. The van der Waals surface area contributed by atoms with Crippen molar-refractivity contribution in [2.75, 3.05) is 13.2 Å². The van der Waals surface area contributed by atoms with Crippen LogP contribution in [0.1, 0.15) is 66.2 Å². The van der Waals surface area contributed by atoms with Crippen LogP contribution in [0.2, 0.25) is 0 Å². The zero-order valence-corrected chi connectivity index (χ0v) is 15.8. The molecule has 0 aromatic carbocycles. The normalized spacial score (nSPS) is 27.7. The minimum atomic E-state index is -0.479. The van der Waals surface area contributed by atoms with Gasteiger partial charge in [0.15, 0.2) is 0 Å². The van der Waals surface area contributed by atoms with Crippen molar-refractivity contribution in [2.24, 2.45) is 0 Å². The lowest BCUT2D eigenvalue weighted by atomic mass is 9.75. The van der Waals surface area contributed by atoms with E-state index in [0.29, 0.717) is 51.7 Å². The minimum Gasteiger partial charge on any atom is -0.465 e. The highest BCUT2D eigenvalue weighted by Gasteiger charge is 2.52. The van der Waals surface area contributed by atoms with Gasteiger partial charge >= 0.3 is 19.1 Å². The van der Waals surface area contributed by atoms with Crippen molar-refractivity contribution in [3.8, 4) is 0 Å². The van der Waals surface area contributed by atoms with Gasteiger partial charge in [-0.15, -0.1) is 0 Å². The van der Waals surface area contributed by atoms with E-state index in [1.165, 1.54) is 0 Å². The van der Waals surface area contributed by atoms with Crippen LogP contribution in [0.3, 0.4) is 0 Å². The lowest BCUT2D eigenvalue weighted by Gasteiger charge is -2.32. The topological polar surface area (TPSA) is 71.1 Å². The molecule has 0 unspecified atom stereocenters. The fraction of sp³-hybridized carbons (Fsp3) is 0.778. The molecule has 25 heavy (non-hydrogen) atoms. The summed E-state index contributed by atoms with van der Waals surface area (Å²) < 4.78 is 22.7. The van der Waals surface area contributed by atoms with Crippen LogP contribution in [-0.4, -0.2) is 43.5 Å². The first-order valence-corrected chi connectivity index (χ1v) is 9.07. The summed E-state index contributed by atoms with van der Waals surface area (Å²) in [5, 5.41) is 0. The largest absolute Gasteiger partial charge is 0.490 e. The Morgan fingerprint density at radius 2 is 1.36 bits per heavy atom. The molecule has 0 atom stereocenters. The highest BCUT2D eigenvalue weighted by Crippen LogP contribution is 2.39. The molecule has 0 N–H and O–H groups in total. The second-order valence-electron chi connectivity index (χ2n) is 7.55. The summed E-state index contributed by atoms with van der Waals surface area (Å²) in [7, 11) is -0.479. The maximum absolute atomic E-state index is 11.7. The SMILES string of the molecule is CC1(C)OB(/C2=C/CCOC(=O)CCCCC(=O)OCC2)OC1(C)C. The first-order valence-electron chi connectivity index (χ1n) is 9.07. The summed E-state index contributed by atoms with van der Waals surface area (Å²) in [4.78, 5) is 23.4. The summed E-state index contributed by atoms with van der Waals surface area (Å²) in [5.41, 5.74) is 0.0566. The molecular weight excluding hydrogens is 323 g/mol. The molecule has 6 nitrogen and oxygen atoms in total. The minimum absolute atomic E-state index is 0.226. The predicted octanol–water partition coefficient (Wildman–Crippen LogP) is 2.98. The molecule has 0 bridgehead atoms. The van der Waals surface area contributed by atoms with E-state index in [-0.39, 0.29) is 11.9 Å². The molecule has 0 aromatic rings. The van der Waals surface area contributed by atoms with Gasteiger partial charge in [0.05, 0.1) is 24.4 Å². The van der Waals surface area contributed by atoms with Gasteiger partial charge in [0.2, 0.25) is 0 Å². The molecule has 140 valence electrons. The summed E-state index contributed by atoms with van der Waals surface area (Å²) >= 11 is 0. The molecular formula is C18H29BO6. The number of hydrogen-bond donors (Lipinski definition) is 0. The molecule has 2 aliphatic heterocycles. The molecule has 2 rings (SSSR count). The van der Waals surface area contributed by atoms with Crippen molar-refractivity contribution >= 4 is 19.1 Å². The van der Waals surface area contributed by atoms with E-state index in [1.54, 1.807) is 0 Å². The molecule has 0 aromatic heterocycles. The Bertz CT molecular complexity index is 510. The van der Waals surface area contributed by atoms with Crippen molar-refractivity contribution in [2.45, 2.75) is 77.4 Å². The van der Waals surface area contributed by atoms with Gasteiger partial charge in [0.25, 0.3) is 0 Å². The maximum atomic E-state index is 11.7. The van der Waals surface area contributed by atoms with Crippen molar-refractivity contribution < 1.29 is 28.4 Å². The zero-order valence-electron chi connectivity index (χ0n) is 15.8. The highest BCUT2D eigenvalue weighted by molar-refractivity contribution is 6.54. The molecule has 2 aliphatic rings. The van der Waals surface area contributed by atoms with E-state index in [2.05, 4.69) is 0 Å². The van der Waals surface area contributed by atoms with Crippen molar-refractivity contribution in [1.29, 1.82) is 0 Å². The first kappa shape index (κ1) is 20.0. The first-order chi connectivity index (χ1) is 11.7. The van der Waals surface area contributed by atoms with E-state index in [9.17, 15) is 9.59 Å². The monoisotopic (exact) mass is 352 g/mol. The van der Waals surface area contributed by atoms with Gasteiger partial charge in [-0.1, -0.05) is 6.08 Å². The highest BCUT2D eigenvalue weighted by atomic mass is 16.7. The van der Waals surface area contributed by atoms with E-state index in [0.717, 1.165) is 5.47 Å². The van der Waals surface area contributed by atoms with Crippen LogP contribution in [0.15, 0.2) is 11.5 Å². The number of esters is 2. The molecule has 0 aliphatic carbocycles. The van der Waals surface area contributed by atoms with Gasteiger partial charge < -0.3 is 18.8 Å². The Labute approximate surface area is 150 Å². The summed E-state index contributed by atoms with van der Waals surface area (Å²) in [6.07, 6.45) is 5.02. The second-order valence-corrected chi connectivity index (χ2v) is 7.55. The van der Waals surface area contributed by atoms with E-state index in [4.69, 9.17) is 18.8 Å².